The van der Waals surface area contributed by atoms with Crippen molar-refractivity contribution in [2.24, 2.45) is 5.92 Å². The number of oxazole rings is 1. The number of benzene rings is 1. The smallest absolute Gasteiger partial charge is 0.273 e. The lowest BCUT2D eigenvalue weighted by atomic mass is 10.1. The number of hydrogen-bond acceptors (Lipinski definition) is 4. The van der Waals surface area contributed by atoms with Gasteiger partial charge in [0.2, 0.25) is 5.89 Å². The highest BCUT2D eigenvalue weighted by Crippen LogP contribution is 2.19. The number of aromatic nitrogens is 1. The summed E-state index contributed by atoms with van der Waals surface area (Å²) in [6.45, 7) is 6.06. The third-order valence-electron chi connectivity index (χ3n) is 3.25. The summed E-state index contributed by atoms with van der Waals surface area (Å²) in [4.78, 5) is 16.2. The van der Waals surface area contributed by atoms with E-state index in [1.807, 2.05) is 20.8 Å². The summed E-state index contributed by atoms with van der Waals surface area (Å²) in [6, 6.07) is 7.22. The average Bonchev–Trinajstić information content (AvgIpc) is 2.89. The zero-order valence-electron chi connectivity index (χ0n) is 11.9. The number of amides is 1. The molecule has 1 aromatic heterocycles. The lowest BCUT2D eigenvalue weighted by Crippen LogP contribution is -2.36. The van der Waals surface area contributed by atoms with Crippen LogP contribution < -0.4 is 11.1 Å². The summed E-state index contributed by atoms with van der Waals surface area (Å²) in [5.74, 6) is 0.548. The first-order chi connectivity index (χ1) is 9.47. The summed E-state index contributed by atoms with van der Waals surface area (Å²) >= 11 is 0. The molecule has 0 bridgehead atoms. The Kier molecular flexibility index (Phi) is 4.08. The van der Waals surface area contributed by atoms with Gasteiger partial charge in [-0.05, 0) is 37.1 Å². The van der Waals surface area contributed by atoms with E-state index < -0.39 is 0 Å². The highest BCUT2D eigenvalue weighted by Gasteiger charge is 2.16. The molecule has 106 valence electrons. The van der Waals surface area contributed by atoms with Crippen molar-refractivity contribution in [2.45, 2.75) is 26.8 Å². The van der Waals surface area contributed by atoms with E-state index in [2.05, 4.69) is 10.3 Å². The first-order valence-corrected chi connectivity index (χ1v) is 6.59. The predicted molar refractivity (Wildman–Crippen MR) is 78.1 cm³/mol. The third kappa shape index (κ3) is 3.17. The lowest BCUT2D eigenvalue weighted by Gasteiger charge is -2.16. The molecule has 5 heteroatoms. The highest BCUT2D eigenvalue weighted by molar-refractivity contribution is 5.92. The second-order valence-electron chi connectivity index (χ2n) is 5.17. The Hall–Kier alpha value is -2.30. The predicted octanol–water partition coefficient (Wildman–Crippen LogP) is 2.70. The standard InChI is InChI=1S/C15H19N3O2/c1-9(2)10(3)17-14(19)13-8-20-15(18-13)11-4-6-12(16)7-5-11/h4-10H,16H2,1-3H3,(H,17,19). The number of carbonyl (C=O) groups excluding carboxylic acids is 1. The van der Waals surface area contributed by atoms with Gasteiger partial charge in [0, 0.05) is 17.3 Å². The van der Waals surface area contributed by atoms with Crippen molar-refractivity contribution in [3.05, 3.63) is 36.2 Å². The molecule has 0 fully saturated rings. The number of nitrogens with two attached hydrogens (primary N) is 1. The SMILES string of the molecule is CC(C)C(C)NC(=O)c1coc(-c2ccc(N)cc2)n1. The molecule has 5 nitrogen and oxygen atoms in total. The Morgan fingerprint density at radius 3 is 2.50 bits per heavy atom. The van der Waals surface area contributed by atoms with E-state index in [1.165, 1.54) is 6.26 Å². The number of rotatable bonds is 4. The normalized spacial score (nSPS) is 12.4. The molecule has 0 saturated heterocycles. The monoisotopic (exact) mass is 273 g/mol. The van der Waals surface area contributed by atoms with Gasteiger partial charge in [-0.3, -0.25) is 4.79 Å². The van der Waals surface area contributed by atoms with Crippen molar-refractivity contribution >= 4 is 11.6 Å². The van der Waals surface area contributed by atoms with Crippen LogP contribution >= 0.6 is 0 Å². The quantitative estimate of drug-likeness (QED) is 0.839. The number of nitrogens with one attached hydrogen (secondary N) is 1. The minimum absolute atomic E-state index is 0.0826. The Morgan fingerprint density at radius 1 is 1.25 bits per heavy atom. The van der Waals surface area contributed by atoms with Crippen LogP contribution in [0.3, 0.4) is 0 Å². The molecule has 0 aliphatic rings. The molecule has 0 radical (unpaired) electrons. The summed E-state index contributed by atoms with van der Waals surface area (Å²) < 4.78 is 5.34. The molecular weight excluding hydrogens is 254 g/mol. The van der Waals surface area contributed by atoms with Gasteiger partial charge in [-0.1, -0.05) is 13.8 Å². The van der Waals surface area contributed by atoms with Gasteiger partial charge in [-0.25, -0.2) is 4.98 Å². The van der Waals surface area contributed by atoms with E-state index in [9.17, 15) is 4.79 Å². The average molecular weight is 273 g/mol. The van der Waals surface area contributed by atoms with E-state index >= 15 is 0 Å². The van der Waals surface area contributed by atoms with E-state index in [4.69, 9.17) is 10.2 Å². The molecule has 2 aromatic rings. The molecule has 1 aromatic carbocycles. The summed E-state index contributed by atoms with van der Waals surface area (Å²) in [6.07, 6.45) is 1.37. The summed E-state index contributed by atoms with van der Waals surface area (Å²) in [7, 11) is 0. The van der Waals surface area contributed by atoms with Crippen LogP contribution in [0.1, 0.15) is 31.3 Å². The number of carbonyl (C=O) groups is 1. The Balaban J connectivity index is 2.12. The molecule has 0 aliphatic carbocycles. The second kappa shape index (κ2) is 5.77. The van der Waals surface area contributed by atoms with Gasteiger partial charge in [0.05, 0.1) is 0 Å². The van der Waals surface area contributed by atoms with Crippen LogP contribution in [0.5, 0.6) is 0 Å². The maximum absolute atomic E-state index is 12.0. The van der Waals surface area contributed by atoms with E-state index in [0.29, 0.717) is 17.5 Å². The zero-order valence-corrected chi connectivity index (χ0v) is 11.9. The minimum Gasteiger partial charge on any atom is -0.444 e. The number of hydrogen-bond donors (Lipinski definition) is 2. The molecule has 3 N–H and O–H groups in total. The first-order valence-electron chi connectivity index (χ1n) is 6.59. The molecule has 0 spiro atoms. The van der Waals surface area contributed by atoms with Crippen LogP contribution in [0.15, 0.2) is 34.9 Å². The molecule has 2 rings (SSSR count). The van der Waals surface area contributed by atoms with Crippen LogP contribution in [0.4, 0.5) is 5.69 Å². The second-order valence-corrected chi connectivity index (χ2v) is 5.17. The molecule has 1 unspecified atom stereocenters. The summed E-state index contributed by atoms with van der Waals surface area (Å²) in [5.41, 5.74) is 7.37. The Bertz CT molecular complexity index is 587. The van der Waals surface area contributed by atoms with Crippen molar-refractivity contribution in [2.75, 3.05) is 5.73 Å². The van der Waals surface area contributed by atoms with Crippen molar-refractivity contribution in [1.29, 1.82) is 0 Å². The van der Waals surface area contributed by atoms with Crippen molar-refractivity contribution < 1.29 is 9.21 Å². The zero-order chi connectivity index (χ0) is 14.7. The van der Waals surface area contributed by atoms with Crippen LogP contribution in [0.2, 0.25) is 0 Å². The topological polar surface area (TPSA) is 81.2 Å². The van der Waals surface area contributed by atoms with Gasteiger partial charge >= 0.3 is 0 Å². The van der Waals surface area contributed by atoms with Crippen LogP contribution in [0.25, 0.3) is 11.5 Å². The van der Waals surface area contributed by atoms with Gasteiger partial charge in [0.1, 0.15) is 6.26 Å². The number of nitrogen functional groups attached to an aromatic ring is 1. The maximum Gasteiger partial charge on any atom is 0.273 e. The fourth-order valence-electron chi connectivity index (χ4n) is 1.58. The molecule has 1 amide bonds. The van der Waals surface area contributed by atoms with E-state index in [-0.39, 0.29) is 17.6 Å². The molecule has 0 aliphatic heterocycles. The van der Waals surface area contributed by atoms with Gasteiger partial charge in [-0.15, -0.1) is 0 Å². The number of anilines is 1. The van der Waals surface area contributed by atoms with E-state index in [1.54, 1.807) is 24.3 Å². The fourth-order valence-corrected chi connectivity index (χ4v) is 1.58. The van der Waals surface area contributed by atoms with Crippen LogP contribution in [-0.2, 0) is 0 Å². The minimum atomic E-state index is -0.225. The van der Waals surface area contributed by atoms with Crippen molar-refractivity contribution in [3.63, 3.8) is 0 Å². The first kappa shape index (κ1) is 14.1. The van der Waals surface area contributed by atoms with Gasteiger partial charge < -0.3 is 15.5 Å². The summed E-state index contributed by atoms with van der Waals surface area (Å²) in [5, 5.41) is 2.89. The van der Waals surface area contributed by atoms with Crippen molar-refractivity contribution in [1.82, 2.24) is 10.3 Å². The van der Waals surface area contributed by atoms with Gasteiger partial charge in [0.15, 0.2) is 5.69 Å². The fraction of sp³-hybridized carbons (Fsp3) is 0.333. The van der Waals surface area contributed by atoms with Crippen LogP contribution in [0, 0.1) is 5.92 Å². The molecule has 0 saturated carbocycles. The van der Waals surface area contributed by atoms with Crippen molar-refractivity contribution in [3.8, 4) is 11.5 Å². The molecule has 1 heterocycles. The van der Waals surface area contributed by atoms with E-state index in [0.717, 1.165) is 5.56 Å². The Labute approximate surface area is 118 Å². The Morgan fingerprint density at radius 2 is 1.90 bits per heavy atom. The lowest BCUT2D eigenvalue weighted by molar-refractivity contribution is 0.0925. The maximum atomic E-state index is 12.0. The largest absolute Gasteiger partial charge is 0.444 e. The third-order valence-corrected chi connectivity index (χ3v) is 3.25. The highest BCUT2D eigenvalue weighted by atomic mass is 16.3. The van der Waals surface area contributed by atoms with Crippen LogP contribution in [-0.4, -0.2) is 16.9 Å². The molecule has 1 atom stereocenters. The van der Waals surface area contributed by atoms with Gasteiger partial charge in [-0.2, -0.15) is 0 Å². The molecule has 20 heavy (non-hydrogen) atoms. The molecular formula is C15H19N3O2. The van der Waals surface area contributed by atoms with Gasteiger partial charge in [0.25, 0.3) is 5.91 Å². The number of nitrogens with zero attached hydrogens (tertiary/aromatic N) is 1.